The molecule has 25 heavy (non-hydrogen) atoms. The second-order valence-corrected chi connectivity index (χ2v) is 5.91. The first kappa shape index (κ1) is 16.8. The highest BCUT2D eigenvalue weighted by molar-refractivity contribution is 5.91. The zero-order valence-corrected chi connectivity index (χ0v) is 13.9. The SMILES string of the molecule is O=C(/C=C/c1ccco1)NC1CCN(C(=O)Nc2ccccc2)CC1. The molecule has 2 N–H and O–H groups in total. The molecule has 2 heterocycles. The van der Waals surface area contributed by atoms with E-state index in [0.29, 0.717) is 18.8 Å². The topological polar surface area (TPSA) is 74.6 Å². The van der Waals surface area contributed by atoms with E-state index in [1.807, 2.05) is 30.3 Å². The predicted octanol–water partition coefficient (Wildman–Crippen LogP) is 3.11. The molecule has 0 unspecified atom stereocenters. The van der Waals surface area contributed by atoms with Crippen LogP contribution in [0.1, 0.15) is 18.6 Å². The van der Waals surface area contributed by atoms with Gasteiger partial charge in [0.15, 0.2) is 0 Å². The van der Waals surface area contributed by atoms with Crippen molar-refractivity contribution in [2.24, 2.45) is 0 Å². The van der Waals surface area contributed by atoms with E-state index in [1.165, 1.54) is 6.08 Å². The number of nitrogens with zero attached hydrogens (tertiary/aromatic N) is 1. The van der Waals surface area contributed by atoms with E-state index < -0.39 is 0 Å². The summed E-state index contributed by atoms with van der Waals surface area (Å²) >= 11 is 0. The predicted molar refractivity (Wildman–Crippen MR) is 95.9 cm³/mol. The van der Waals surface area contributed by atoms with Crippen LogP contribution >= 0.6 is 0 Å². The molecule has 1 aliphatic rings. The maximum atomic E-state index is 12.2. The van der Waals surface area contributed by atoms with Gasteiger partial charge in [0.05, 0.1) is 6.26 Å². The molecule has 0 aliphatic carbocycles. The minimum atomic E-state index is -0.149. The molecule has 6 heteroatoms. The Labute approximate surface area is 146 Å². The van der Waals surface area contributed by atoms with Crippen molar-refractivity contribution >= 4 is 23.7 Å². The Morgan fingerprint density at radius 2 is 1.84 bits per heavy atom. The smallest absolute Gasteiger partial charge is 0.321 e. The highest BCUT2D eigenvalue weighted by atomic mass is 16.3. The number of likely N-dealkylation sites (tertiary alicyclic amines) is 1. The summed E-state index contributed by atoms with van der Waals surface area (Å²) in [4.78, 5) is 25.9. The maximum absolute atomic E-state index is 12.2. The fourth-order valence-electron chi connectivity index (χ4n) is 2.74. The summed E-state index contributed by atoms with van der Waals surface area (Å²) in [6.45, 7) is 1.23. The fraction of sp³-hybridized carbons (Fsp3) is 0.263. The molecule has 0 radical (unpaired) electrons. The van der Waals surface area contributed by atoms with E-state index in [9.17, 15) is 9.59 Å². The van der Waals surface area contributed by atoms with E-state index in [0.717, 1.165) is 18.5 Å². The van der Waals surface area contributed by atoms with E-state index >= 15 is 0 Å². The number of hydrogen-bond acceptors (Lipinski definition) is 3. The van der Waals surface area contributed by atoms with Gasteiger partial charge < -0.3 is 20.0 Å². The molecule has 130 valence electrons. The second kappa shape index (κ2) is 8.19. The van der Waals surface area contributed by atoms with Gasteiger partial charge in [0.1, 0.15) is 5.76 Å². The number of piperidine rings is 1. The van der Waals surface area contributed by atoms with Crippen LogP contribution < -0.4 is 10.6 Å². The van der Waals surface area contributed by atoms with Crippen LogP contribution in [-0.4, -0.2) is 36.0 Å². The number of anilines is 1. The molecule has 6 nitrogen and oxygen atoms in total. The van der Waals surface area contributed by atoms with Gasteiger partial charge >= 0.3 is 6.03 Å². The number of furan rings is 1. The minimum Gasteiger partial charge on any atom is -0.465 e. The lowest BCUT2D eigenvalue weighted by atomic mass is 10.1. The van der Waals surface area contributed by atoms with Crippen molar-refractivity contribution in [1.29, 1.82) is 0 Å². The summed E-state index contributed by atoms with van der Waals surface area (Å²) in [6, 6.07) is 12.9. The number of amides is 3. The Kier molecular flexibility index (Phi) is 5.51. The standard InChI is InChI=1S/C19H21N3O3/c23-18(9-8-17-7-4-14-25-17)20-16-10-12-22(13-11-16)19(24)21-15-5-2-1-3-6-15/h1-9,14,16H,10-13H2,(H,20,23)(H,21,24)/b9-8+. The van der Waals surface area contributed by atoms with Gasteiger partial charge in [-0.1, -0.05) is 18.2 Å². The van der Waals surface area contributed by atoms with Crippen LogP contribution in [0.5, 0.6) is 0 Å². The average Bonchev–Trinajstić information content (AvgIpc) is 3.15. The second-order valence-electron chi connectivity index (χ2n) is 5.91. The van der Waals surface area contributed by atoms with Crippen LogP contribution in [-0.2, 0) is 4.79 Å². The summed E-state index contributed by atoms with van der Waals surface area (Å²) < 4.78 is 5.15. The largest absolute Gasteiger partial charge is 0.465 e. The van der Waals surface area contributed by atoms with Gasteiger partial charge in [0.2, 0.25) is 5.91 Å². The highest BCUT2D eigenvalue weighted by Crippen LogP contribution is 2.13. The van der Waals surface area contributed by atoms with E-state index in [4.69, 9.17) is 4.42 Å². The molecule has 0 spiro atoms. The molecule has 0 saturated carbocycles. The summed E-state index contributed by atoms with van der Waals surface area (Å²) in [5, 5.41) is 5.85. The van der Waals surface area contributed by atoms with Gasteiger partial charge in [-0.2, -0.15) is 0 Å². The molecule has 3 rings (SSSR count). The number of carbonyl (C=O) groups excluding carboxylic acids is 2. The summed E-state index contributed by atoms with van der Waals surface area (Å²) in [5.74, 6) is 0.492. The Morgan fingerprint density at radius 3 is 2.52 bits per heavy atom. The molecule has 3 amide bonds. The summed E-state index contributed by atoms with van der Waals surface area (Å²) in [7, 11) is 0. The lowest BCUT2D eigenvalue weighted by Gasteiger charge is -2.32. The number of para-hydroxylation sites is 1. The van der Waals surface area contributed by atoms with Crippen molar-refractivity contribution in [3.63, 3.8) is 0 Å². The Bertz CT molecular complexity index is 718. The third kappa shape index (κ3) is 4.97. The Hall–Kier alpha value is -3.02. The van der Waals surface area contributed by atoms with Crippen molar-refractivity contribution in [3.8, 4) is 0 Å². The molecular weight excluding hydrogens is 318 g/mol. The fourth-order valence-corrected chi connectivity index (χ4v) is 2.74. The van der Waals surface area contributed by atoms with Crippen molar-refractivity contribution in [1.82, 2.24) is 10.2 Å². The van der Waals surface area contributed by atoms with Crippen LogP contribution in [0.4, 0.5) is 10.5 Å². The van der Waals surface area contributed by atoms with Crippen LogP contribution in [0.25, 0.3) is 6.08 Å². The van der Waals surface area contributed by atoms with Gasteiger partial charge in [-0.05, 0) is 43.2 Å². The van der Waals surface area contributed by atoms with Crippen molar-refractivity contribution in [3.05, 3.63) is 60.6 Å². The molecule has 1 aliphatic heterocycles. The molecule has 2 aromatic rings. The first-order valence-electron chi connectivity index (χ1n) is 8.34. The number of nitrogens with one attached hydrogen (secondary N) is 2. The quantitative estimate of drug-likeness (QED) is 0.841. The third-order valence-corrected chi connectivity index (χ3v) is 4.10. The van der Waals surface area contributed by atoms with Crippen LogP contribution in [0, 0.1) is 0 Å². The maximum Gasteiger partial charge on any atom is 0.321 e. The molecular formula is C19H21N3O3. The average molecular weight is 339 g/mol. The van der Waals surface area contributed by atoms with Gasteiger partial charge in [-0.25, -0.2) is 4.79 Å². The molecule has 1 fully saturated rings. The van der Waals surface area contributed by atoms with Crippen molar-refractivity contribution in [2.45, 2.75) is 18.9 Å². The lowest BCUT2D eigenvalue weighted by molar-refractivity contribution is -0.117. The Balaban J connectivity index is 1.42. The number of rotatable bonds is 4. The molecule has 1 aromatic carbocycles. The normalized spacial score (nSPS) is 15.3. The molecule has 0 bridgehead atoms. The number of urea groups is 1. The monoisotopic (exact) mass is 339 g/mol. The number of benzene rings is 1. The van der Waals surface area contributed by atoms with Crippen molar-refractivity contribution in [2.75, 3.05) is 18.4 Å². The zero-order valence-electron chi connectivity index (χ0n) is 13.9. The van der Waals surface area contributed by atoms with E-state index in [1.54, 1.807) is 29.4 Å². The summed E-state index contributed by atoms with van der Waals surface area (Å²) in [5.41, 5.74) is 0.783. The minimum absolute atomic E-state index is 0.0783. The van der Waals surface area contributed by atoms with Crippen LogP contribution in [0.3, 0.4) is 0 Å². The molecule has 1 aromatic heterocycles. The van der Waals surface area contributed by atoms with Gasteiger partial charge in [-0.15, -0.1) is 0 Å². The van der Waals surface area contributed by atoms with Crippen LogP contribution in [0.15, 0.2) is 59.2 Å². The molecule has 1 saturated heterocycles. The molecule has 0 atom stereocenters. The van der Waals surface area contributed by atoms with Crippen LogP contribution in [0.2, 0.25) is 0 Å². The van der Waals surface area contributed by atoms with Gasteiger partial charge in [0, 0.05) is 30.9 Å². The lowest BCUT2D eigenvalue weighted by Crippen LogP contribution is -2.47. The third-order valence-electron chi connectivity index (χ3n) is 4.10. The Morgan fingerprint density at radius 1 is 1.08 bits per heavy atom. The summed E-state index contributed by atoms with van der Waals surface area (Å²) in [6.07, 6.45) is 6.14. The van der Waals surface area contributed by atoms with Gasteiger partial charge in [-0.3, -0.25) is 4.79 Å². The number of hydrogen-bond donors (Lipinski definition) is 2. The zero-order chi connectivity index (χ0) is 17.5. The van der Waals surface area contributed by atoms with Gasteiger partial charge in [0.25, 0.3) is 0 Å². The highest BCUT2D eigenvalue weighted by Gasteiger charge is 2.23. The first-order valence-corrected chi connectivity index (χ1v) is 8.34. The first-order chi connectivity index (χ1) is 12.2. The van der Waals surface area contributed by atoms with Crippen molar-refractivity contribution < 1.29 is 14.0 Å². The number of carbonyl (C=O) groups is 2. The van der Waals surface area contributed by atoms with E-state index in [2.05, 4.69) is 10.6 Å². The van der Waals surface area contributed by atoms with E-state index in [-0.39, 0.29) is 18.0 Å².